The van der Waals surface area contributed by atoms with Crippen LogP contribution in [0.15, 0.2) is 24.3 Å². The summed E-state index contributed by atoms with van der Waals surface area (Å²) in [6.07, 6.45) is 0.864. The van der Waals surface area contributed by atoms with Gasteiger partial charge in [0.1, 0.15) is 5.82 Å². The van der Waals surface area contributed by atoms with Crippen LogP contribution < -0.4 is 5.73 Å². The molecule has 4 heteroatoms. The first-order chi connectivity index (χ1) is 8.74. The van der Waals surface area contributed by atoms with Gasteiger partial charge < -0.3 is 5.73 Å². The summed E-state index contributed by atoms with van der Waals surface area (Å²) in [6, 6.07) is 7.04. The Hall–Kier alpha value is -0.580. The number of rotatable bonds is 4. The molecule has 1 saturated heterocycles. The topological polar surface area (TPSA) is 29.3 Å². The van der Waals surface area contributed by atoms with Crippen molar-refractivity contribution >= 4 is 11.8 Å². The van der Waals surface area contributed by atoms with E-state index in [9.17, 15) is 4.39 Å². The molecule has 1 aromatic rings. The molecule has 2 rings (SSSR count). The van der Waals surface area contributed by atoms with E-state index in [1.807, 2.05) is 23.9 Å². The lowest BCUT2D eigenvalue weighted by atomic mass is 9.95. The Morgan fingerprint density at radius 2 is 2.00 bits per heavy atom. The number of hydrogen-bond acceptors (Lipinski definition) is 3. The van der Waals surface area contributed by atoms with Gasteiger partial charge >= 0.3 is 0 Å². The molecular weight excluding hydrogens is 247 g/mol. The van der Waals surface area contributed by atoms with Crippen molar-refractivity contribution in [2.75, 3.05) is 24.6 Å². The van der Waals surface area contributed by atoms with E-state index in [4.69, 9.17) is 5.73 Å². The average Bonchev–Trinajstić information content (AvgIpc) is 2.42. The normalized spacial score (nSPS) is 20.6. The highest BCUT2D eigenvalue weighted by Gasteiger charge is 2.28. The fourth-order valence-corrected chi connectivity index (χ4v) is 3.42. The molecule has 0 aliphatic carbocycles. The van der Waals surface area contributed by atoms with Gasteiger partial charge in [-0.1, -0.05) is 25.1 Å². The van der Waals surface area contributed by atoms with Crippen LogP contribution in [0.2, 0.25) is 0 Å². The number of nitrogens with two attached hydrogens (primary N) is 1. The van der Waals surface area contributed by atoms with Crippen molar-refractivity contribution in [1.82, 2.24) is 4.90 Å². The average molecular weight is 268 g/mol. The third kappa shape index (κ3) is 3.05. The molecule has 1 aliphatic rings. The summed E-state index contributed by atoms with van der Waals surface area (Å²) in [5.74, 6) is 2.09. The van der Waals surface area contributed by atoms with Crippen LogP contribution >= 0.6 is 11.8 Å². The summed E-state index contributed by atoms with van der Waals surface area (Å²) in [5.41, 5.74) is 6.98. The maximum absolute atomic E-state index is 14.0. The lowest BCUT2D eigenvalue weighted by Crippen LogP contribution is -2.44. The Bertz CT molecular complexity index is 380. The highest BCUT2D eigenvalue weighted by molar-refractivity contribution is 7.99. The number of halogens is 1. The number of nitrogens with zero attached hydrogens (tertiary/aromatic N) is 1. The van der Waals surface area contributed by atoms with Gasteiger partial charge in [-0.3, -0.25) is 4.90 Å². The van der Waals surface area contributed by atoms with E-state index in [0.717, 1.165) is 36.6 Å². The second-order valence-corrected chi connectivity index (χ2v) is 5.91. The van der Waals surface area contributed by atoms with Crippen LogP contribution in [0.3, 0.4) is 0 Å². The predicted molar refractivity (Wildman–Crippen MR) is 76.3 cm³/mol. The van der Waals surface area contributed by atoms with Crippen molar-refractivity contribution in [3.63, 3.8) is 0 Å². The van der Waals surface area contributed by atoms with Crippen LogP contribution in [0.25, 0.3) is 0 Å². The molecular formula is C14H21FN2S. The SMILES string of the molecule is CCC(N)C(c1ccccc1F)N1CCSCC1. The Balaban J connectivity index is 2.27. The summed E-state index contributed by atoms with van der Waals surface area (Å²) in [4.78, 5) is 2.34. The summed E-state index contributed by atoms with van der Waals surface area (Å²) < 4.78 is 14.0. The van der Waals surface area contributed by atoms with E-state index in [2.05, 4.69) is 11.8 Å². The zero-order valence-corrected chi connectivity index (χ0v) is 11.6. The first kappa shape index (κ1) is 13.8. The standard InChI is InChI=1S/C14H21FN2S/c1-2-13(16)14(17-7-9-18-10-8-17)11-5-3-4-6-12(11)15/h3-6,13-14H,2,7-10,16H2,1H3. The molecule has 2 unspecified atom stereocenters. The molecule has 0 saturated carbocycles. The van der Waals surface area contributed by atoms with Crippen LogP contribution in [0.1, 0.15) is 24.9 Å². The molecule has 18 heavy (non-hydrogen) atoms. The second-order valence-electron chi connectivity index (χ2n) is 4.69. The van der Waals surface area contributed by atoms with E-state index in [1.165, 1.54) is 6.07 Å². The molecule has 100 valence electrons. The molecule has 1 heterocycles. The van der Waals surface area contributed by atoms with Crippen molar-refractivity contribution in [3.05, 3.63) is 35.6 Å². The number of hydrogen-bond donors (Lipinski definition) is 1. The van der Waals surface area contributed by atoms with E-state index < -0.39 is 0 Å². The zero-order chi connectivity index (χ0) is 13.0. The molecule has 1 aromatic carbocycles. The summed E-state index contributed by atoms with van der Waals surface area (Å²) >= 11 is 1.96. The minimum absolute atomic E-state index is 0.00926. The lowest BCUT2D eigenvalue weighted by molar-refractivity contribution is 0.182. The molecule has 0 radical (unpaired) electrons. The third-order valence-electron chi connectivity index (χ3n) is 3.54. The van der Waals surface area contributed by atoms with Gasteiger partial charge in [0, 0.05) is 36.2 Å². The Morgan fingerprint density at radius 1 is 1.33 bits per heavy atom. The minimum atomic E-state index is -0.135. The van der Waals surface area contributed by atoms with Crippen molar-refractivity contribution in [3.8, 4) is 0 Å². The predicted octanol–water partition coefficient (Wildman–Crippen LogP) is 2.65. The Kier molecular flexibility index (Phi) is 5.03. The molecule has 0 aromatic heterocycles. The monoisotopic (exact) mass is 268 g/mol. The quantitative estimate of drug-likeness (QED) is 0.910. The van der Waals surface area contributed by atoms with Crippen LogP contribution in [-0.4, -0.2) is 35.5 Å². The molecule has 0 spiro atoms. The van der Waals surface area contributed by atoms with Crippen molar-refractivity contribution < 1.29 is 4.39 Å². The van der Waals surface area contributed by atoms with Crippen LogP contribution in [-0.2, 0) is 0 Å². The highest BCUT2D eigenvalue weighted by atomic mass is 32.2. The summed E-state index contributed by atoms with van der Waals surface area (Å²) in [5, 5.41) is 0. The first-order valence-corrected chi connectivity index (χ1v) is 7.71. The molecule has 2 nitrogen and oxygen atoms in total. The molecule has 0 bridgehead atoms. The lowest BCUT2D eigenvalue weighted by Gasteiger charge is -2.37. The molecule has 2 atom stereocenters. The Morgan fingerprint density at radius 3 is 2.61 bits per heavy atom. The fourth-order valence-electron chi connectivity index (χ4n) is 2.49. The van der Waals surface area contributed by atoms with E-state index in [-0.39, 0.29) is 17.9 Å². The van der Waals surface area contributed by atoms with Gasteiger partial charge in [-0.2, -0.15) is 11.8 Å². The van der Waals surface area contributed by atoms with Gasteiger partial charge in [-0.15, -0.1) is 0 Å². The number of thioether (sulfide) groups is 1. The van der Waals surface area contributed by atoms with Crippen LogP contribution in [0.5, 0.6) is 0 Å². The van der Waals surface area contributed by atoms with Gasteiger partial charge in [-0.25, -0.2) is 4.39 Å². The smallest absolute Gasteiger partial charge is 0.128 e. The summed E-state index contributed by atoms with van der Waals surface area (Å²) in [6.45, 7) is 4.06. The third-order valence-corrected chi connectivity index (χ3v) is 4.48. The molecule has 1 aliphatic heterocycles. The van der Waals surface area contributed by atoms with Crippen LogP contribution in [0, 0.1) is 5.82 Å². The first-order valence-electron chi connectivity index (χ1n) is 6.56. The van der Waals surface area contributed by atoms with Crippen LogP contribution in [0.4, 0.5) is 4.39 Å². The summed E-state index contributed by atoms with van der Waals surface area (Å²) in [7, 11) is 0. The fraction of sp³-hybridized carbons (Fsp3) is 0.571. The van der Waals surface area contributed by atoms with Crippen molar-refractivity contribution in [2.45, 2.75) is 25.4 Å². The highest BCUT2D eigenvalue weighted by Crippen LogP contribution is 2.29. The van der Waals surface area contributed by atoms with Gasteiger partial charge in [-0.05, 0) is 12.5 Å². The molecule has 2 N–H and O–H groups in total. The van der Waals surface area contributed by atoms with Gasteiger partial charge in [0.2, 0.25) is 0 Å². The van der Waals surface area contributed by atoms with E-state index in [0.29, 0.717) is 0 Å². The van der Waals surface area contributed by atoms with Gasteiger partial charge in [0.25, 0.3) is 0 Å². The van der Waals surface area contributed by atoms with Crippen molar-refractivity contribution in [1.29, 1.82) is 0 Å². The maximum Gasteiger partial charge on any atom is 0.128 e. The zero-order valence-electron chi connectivity index (χ0n) is 10.8. The van der Waals surface area contributed by atoms with Crippen molar-refractivity contribution in [2.24, 2.45) is 5.73 Å². The maximum atomic E-state index is 14.0. The molecule has 1 fully saturated rings. The van der Waals surface area contributed by atoms with E-state index >= 15 is 0 Å². The van der Waals surface area contributed by atoms with Gasteiger partial charge in [0.15, 0.2) is 0 Å². The minimum Gasteiger partial charge on any atom is -0.326 e. The Labute approximate surface area is 113 Å². The molecule has 0 amide bonds. The second kappa shape index (κ2) is 6.55. The van der Waals surface area contributed by atoms with E-state index in [1.54, 1.807) is 6.07 Å². The number of benzene rings is 1. The largest absolute Gasteiger partial charge is 0.326 e. The van der Waals surface area contributed by atoms with Gasteiger partial charge in [0.05, 0.1) is 6.04 Å².